The third-order valence-electron chi connectivity index (χ3n) is 9.03. The fourth-order valence-corrected chi connectivity index (χ4v) is 8.14. The van der Waals surface area contributed by atoms with Gasteiger partial charge in [-0.25, -0.2) is 21.6 Å². The van der Waals surface area contributed by atoms with Gasteiger partial charge >= 0.3 is 6.18 Å². The number of rotatable bonds is 4. The summed E-state index contributed by atoms with van der Waals surface area (Å²) in [6.45, 7) is 0.616. The van der Waals surface area contributed by atoms with Crippen LogP contribution in [0.1, 0.15) is 54.9 Å². The van der Waals surface area contributed by atoms with Crippen LogP contribution in [0.3, 0.4) is 0 Å². The Morgan fingerprint density at radius 2 is 1.70 bits per heavy atom. The molecule has 40 heavy (non-hydrogen) atoms. The smallest absolute Gasteiger partial charge is 0.380 e. The van der Waals surface area contributed by atoms with Crippen molar-refractivity contribution in [3.05, 3.63) is 70.3 Å². The highest BCUT2D eigenvalue weighted by Crippen LogP contribution is 2.51. The van der Waals surface area contributed by atoms with Crippen LogP contribution in [0.25, 0.3) is 0 Å². The molecular weight excluding hydrogens is 560 g/mol. The van der Waals surface area contributed by atoms with Crippen LogP contribution in [0.2, 0.25) is 0 Å². The Morgan fingerprint density at radius 1 is 1.02 bits per heavy atom. The summed E-state index contributed by atoms with van der Waals surface area (Å²) in [5.74, 6) is -3.40. The van der Waals surface area contributed by atoms with E-state index >= 15 is 0 Å². The van der Waals surface area contributed by atoms with Crippen molar-refractivity contribution >= 4 is 15.7 Å². The number of hydrogen-bond donors (Lipinski definition) is 1. The highest BCUT2D eigenvalue weighted by molar-refractivity contribution is 7.91. The molecule has 1 N–H and O–H groups in total. The second-order valence-electron chi connectivity index (χ2n) is 11.4. The number of likely N-dealkylation sites (tertiary alicyclic amines) is 1. The van der Waals surface area contributed by atoms with Gasteiger partial charge < -0.3 is 10.0 Å². The van der Waals surface area contributed by atoms with Gasteiger partial charge in [-0.05, 0) is 79.8 Å². The number of aliphatic hydroxyl groups is 1. The first-order valence-electron chi connectivity index (χ1n) is 13.1. The number of benzene rings is 2. The predicted octanol–water partition coefficient (Wildman–Crippen LogP) is 4.68. The number of carbonyl (C=O) groups is 1. The van der Waals surface area contributed by atoms with E-state index in [0.29, 0.717) is 30.0 Å². The Hall–Kier alpha value is -2.60. The average molecular weight is 590 g/mol. The molecule has 5 rings (SSSR count). The maximum atomic E-state index is 14.8. The van der Waals surface area contributed by atoms with Crippen LogP contribution in [0.15, 0.2) is 36.4 Å². The molecule has 3 aliphatic rings. The van der Waals surface area contributed by atoms with Gasteiger partial charge in [0.15, 0.2) is 21.5 Å². The van der Waals surface area contributed by atoms with Crippen molar-refractivity contribution in [2.45, 2.75) is 74.4 Å². The third kappa shape index (κ3) is 4.70. The average Bonchev–Trinajstić information content (AvgIpc) is 3.26. The fraction of sp³-hybridized carbons (Fsp3) is 0.536. The molecule has 2 aromatic rings. The standard InChI is InChI=1S/C28H29F6NO4S/c1-25(31,28(32,33)34)19-4-5-20-18(15-19)3-7-23-26(20,16-17-2-6-21(29)22(30)14-17)8-11-35(23)24(36)27(37)9-12-40(38,39)13-10-27/h2,4-6,14-15,23,37H,3,7-13,16H2,1H3. The van der Waals surface area contributed by atoms with Crippen LogP contribution in [0, 0.1) is 11.6 Å². The molecule has 1 amide bonds. The van der Waals surface area contributed by atoms with Crippen LogP contribution < -0.4 is 0 Å². The van der Waals surface area contributed by atoms with E-state index in [1.807, 2.05) is 0 Å². The van der Waals surface area contributed by atoms with Crippen molar-refractivity contribution in [3.8, 4) is 0 Å². The van der Waals surface area contributed by atoms with Crippen molar-refractivity contribution in [2.24, 2.45) is 0 Å². The molecule has 3 unspecified atom stereocenters. The molecule has 218 valence electrons. The minimum atomic E-state index is -5.14. The van der Waals surface area contributed by atoms with Crippen LogP contribution >= 0.6 is 0 Å². The van der Waals surface area contributed by atoms with Gasteiger partial charge in [-0.2, -0.15) is 13.2 Å². The highest BCUT2D eigenvalue weighted by atomic mass is 32.2. The lowest BCUT2D eigenvalue weighted by Crippen LogP contribution is -2.57. The van der Waals surface area contributed by atoms with E-state index in [0.717, 1.165) is 18.2 Å². The van der Waals surface area contributed by atoms with Crippen molar-refractivity contribution in [1.82, 2.24) is 4.90 Å². The second kappa shape index (κ2) is 9.47. The number of aryl methyl sites for hydroxylation is 1. The topological polar surface area (TPSA) is 74.7 Å². The Bertz CT molecular complexity index is 1440. The molecule has 2 aromatic carbocycles. The molecule has 2 saturated heterocycles. The molecule has 0 aromatic heterocycles. The van der Waals surface area contributed by atoms with Crippen molar-refractivity contribution < 1.29 is 44.7 Å². The number of alkyl halides is 4. The van der Waals surface area contributed by atoms with E-state index in [9.17, 15) is 44.7 Å². The predicted molar refractivity (Wildman–Crippen MR) is 134 cm³/mol. The van der Waals surface area contributed by atoms with Gasteiger partial charge in [0, 0.05) is 18.0 Å². The van der Waals surface area contributed by atoms with E-state index in [-0.39, 0.29) is 50.2 Å². The first-order valence-corrected chi connectivity index (χ1v) is 14.9. The van der Waals surface area contributed by atoms with Gasteiger partial charge in [0.25, 0.3) is 5.91 Å². The van der Waals surface area contributed by atoms with Crippen molar-refractivity contribution in [2.75, 3.05) is 18.1 Å². The Kier molecular flexibility index (Phi) is 6.85. The molecule has 2 fully saturated rings. The first kappa shape index (κ1) is 28.9. The summed E-state index contributed by atoms with van der Waals surface area (Å²) in [6.07, 6.45) is -4.73. The first-order chi connectivity index (χ1) is 18.5. The minimum absolute atomic E-state index is 0.115. The summed E-state index contributed by atoms with van der Waals surface area (Å²) < 4.78 is 107. The SMILES string of the molecule is CC(F)(c1ccc2c(c1)CCC1N(C(=O)C3(O)CCS(=O)(=O)CC3)CCC21Cc1ccc(F)c(F)c1)C(F)(F)F. The van der Waals surface area contributed by atoms with Gasteiger partial charge in [-0.15, -0.1) is 0 Å². The Balaban J connectivity index is 1.56. The van der Waals surface area contributed by atoms with Crippen LogP contribution in [-0.2, 0) is 38.6 Å². The van der Waals surface area contributed by atoms with E-state index in [4.69, 9.17) is 0 Å². The molecule has 0 bridgehead atoms. The van der Waals surface area contributed by atoms with Gasteiger partial charge in [0.1, 0.15) is 5.60 Å². The summed E-state index contributed by atoms with van der Waals surface area (Å²) in [6, 6.07) is 6.55. The van der Waals surface area contributed by atoms with Gasteiger partial charge in [-0.3, -0.25) is 4.79 Å². The summed E-state index contributed by atoms with van der Waals surface area (Å²) >= 11 is 0. The molecule has 2 heterocycles. The molecule has 0 radical (unpaired) electrons. The number of amides is 1. The maximum Gasteiger partial charge on any atom is 0.426 e. The quantitative estimate of drug-likeness (QED) is 0.526. The number of carbonyl (C=O) groups excluding carboxylic acids is 1. The Labute approximate surface area is 228 Å². The molecule has 0 spiro atoms. The summed E-state index contributed by atoms with van der Waals surface area (Å²) in [4.78, 5) is 15.2. The monoisotopic (exact) mass is 589 g/mol. The molecule has 5 nitrogen and oxygen atoms in total. The zero-order valence-electron chi connectivity index (χ0n) is 21.7. The van der Waals surface area contributed by atoms with Gasteiger partial charge in [0.2, 0.25) is 5.67 Å². The lowest BCUT2D eigenvalue weighted by Gasteiger charge is -2.45. The highest BCUT2D eigenvalue weighted by Gasteiger charge is 2.57. The van der Waals surface area contributed by atoms with Crippen LogP contribution in [-0.4, -0.2) is 60.2 Å². The lowest BCUT2D eigenvalue weighted by atomic mass is 9.63. The number of halogens is 6. The largest absolute Gasteiger partial charge is 0.426 e. The summed E-state index contributed by atoms with van der Waals surface area (Å²) in [5.41, 5.74) is -5.49. The van der Waals surface area contributed by atoms with E-state index in [1.165, 1.54) is 23.1 Å². The molecule has 12 heteroatoms. The van der Waals surface area contributed by atoms with Crippen molar-refractivity contribution in [3.63, 3.8) is 0 Å². The normalized spacial score (nSPS) is 27.0. The van der Waals surface area contributed by atoms with E-state index in [2.05, 4.69) is 0 Å². The van der Waals surface area contributed by atoms with E-state index in [1.54, 1.807) is 0 Å². The van der Waals surface area contributed by atoms with Gasteiger partial charge in [-0.1, -0.05) is 24.3 Å². The summed E-state index contributed by atoms with van der Waals surface area (Å²) in [7, 11) is -3.37. The summed E-state index contributed by atoms with van der Waals surface area (Å²) in [5, 5.41) is 11.2. The fourth-order valence-electron chi connectivity index (χ4n) is 6.64. The minimum Gasteiger partial charge on any atom is -0.380 e. The van der Waals surface area contributed by atoms with Gasteiger partial charge in [0.05, 0.1) is 11.5 Å². The van der Waals surface area contributed by atoms with E-state index < -0.39 is 61.8 Å². The molecule has 3 atom stereocenters. The van der Waals surface area contributed by atoms with Crippen LogP contribution in [0.4, 0.5) is 26.3 Å². The number of fused-ring (bicyclic) bond motifs is 3. The van der Waals surface area contributed by atoms with Crippen molar-refractivity contribution in [1.29, 1.82) is 0 Å². The lowest BCUT2D eigenvalue weighted by molar-refractivity contribution is -0.228. The zero-order valence-corrected chi connectivity index (χ0v) is 22.5. The number of nitrogens with zero attached hydrogens (tertiary/aromatic N) is 1. The third-order valence-corrected chi connectivity index (χ3v) is 10.7. The maximum absolute atomic E-state index is 14.8. The Morgan fingerprint density at radius 3 is 2.33 bits per heavy atom. The number of sulfone groups is 1. The molecule has 2 aliphatic heterocycles. The molecule has 1 aliphatic carbocycles. The molecule has 0 saturated carbocycles. The zero-order chi connectivity index (χ0) is 29.3. The molecular formula is C28H29F6NO4S. The van der Waals surface area contributed by atoms with Crippen LogP contribution in [0.5, 0.6) is 0 Å². The second-order valence-corrected chi connectivity index (χ2v) is 13.7. The number of hydrogen-bond acceptors (Lipinski definition) is 4.